The fraction of sp³-hybridized carbons (Fsp3) is 0.250. The van der Waals surface area contributed by atoms with E-state index in [1.54, 1.807) is 31.2 Å². The van der Waals surface area contributed by atoms with Gasteiger partial charge in [-0.15, -0.1) is 0 Å². The number of hydrogen-bond donors (Lipinski definition) is 2. The van der Waals surface area contributed by atoms with E-state index in [-0.39, 0.29) is 17.3 Å². The van der Waals surface area contributed by atoms with E-state index in [1.165, 1.54) is 18.4 Å². The van der Waals surface area contributed by atoms with E-state index in [0.29, 0.717) is 5.76 Å². The third-order valence-electron chi connectivity index (χ3n) is 3.12. The topological polar surface area (TPSA) is 115 Å². The van der Waals surface area contributed by atoms with Crippen molar-refractivity contribution in [2.24, 2.45) is 0 Å². The largest absolute Gasteiger partial charge is 0.467 e. The normalized spacial score (nSPS) is 12.2. The summed E-state index contributed by atoms with van der Waals surface area (Å²) in [7, 11) is -3.55. The van der Waals surface area contributed by atoms with Gasteiger partial charge in [0.1, 0.15) is 5.76 Å². The van der Waals surface area contributed by atoms with Gasteiger partial charge in [0.15, 0.2) is 6.61 Å². The van der Waals surface area contributed by atoms with E-state index in [0.717, 1.165) is 6.26 Å². The van der Waals surface area contributed by atoms with Crippen LogP contribution in [0.2, 0.25) is 0 Å². The summed E-state index contributed by atoms with van der Waals surface area (Å²) in [6.07, 6.45) is 2.46. The average molecular weight is 366 g/mol. The summed E-state index contributed by atoms with van der Waals surface area (Å²) in [6.45, 7) is 1.22. The number of ether oxygens (including phenoxy) is 1. The van der Waals surface area contributed by atoms with Crippen LogP contribution in [0.1, 0.15) is 29.1 Å². The molecule has 0 radical (unpaired) electrons. The molecule has 1 atom stereocenters. The van der Waals surface area contributed by atoms with Crippen LogP contribution in [0.15, 0.2) is 47.1 Å². The molecule has 0 saturated heterocycles. The molecule has 0 saturated carbocycles. The van der Waals surface area contributed by atoms with E-state index < -0.39 is 28.5 Å². The molecular weight excluding hydrogens is 348 g/mol. The number of nitrogens with one attached hydrogen (secondary N) is 2. The molecule has 0 fully saturated rings. The van der Waals surface area contributed by atoms with Gasteiger partial charge in [0.25, 0.3) is 5.91 Å². The van der Waals surface area contributed by atoms with Gasteiger partial charge in [-0.05, 0) is 31.2 Å². The van der Waals surface area contributed by atoms with Crippen LogP contribution in [-0.2, 0) is 19.6 Å². The minimum Gasteiger partial charge on any atom is -0.467 e. The van der Waals surface area contributed by atoms with Crippen LogP contribution in [0.5, 0.6) is 0 Å². The number of carbonyl (C=O) groups excluding carboxylic acids is 2. The van der Waals surface area contributed by atoms with Crippen molar-refractivity contribution in [3.8, 4) is 0 Å². The molecule has 0 aliphatic heterocycles. The number of rotatable bonds is 7. The molecule has 0 spiro atoms. The van der Waals surface area contributed by atoms with Crippen LogP contribution >= 0.6 is 0 Å². The van der Waals surface area contributed by atoms with Gasteiger partial charge in [0.05, 0.1) is 29.8 Å². The highest BCUT2D eigenvalue weighted by molar-refractivity contribution is 7.92. The van der Waals surface area contributed by atoms with Crippen molar-refractivity contribution in [3.63, 3.8) is 0 Å². The molecule has 1 aromatic carbocycles. The number of benzene rings is 1. The lowest BCUT2D eigenvalue weighted by Crippen LogP contribution is -2.31. The number of furan rings is 1. The van der Waals surface area contributed by atoms with Crippen molar-refractivity contribution in [1.29, 1.82) is 0 Å². The Morgan fingerprint density at radius 2 is 1.92 bits per heavy atom. The highest BCUT2D eigenvalue weighted by Crippen LogP contribution is 2.17. The summed E-state index contributed by atoms with van der Waals surface area (Å²) in [5.74, 6) is -0.749. The van der Waals surface area contributed by atoms with Crippen molar-refractivity contribution in [2.45, 2.75) is 13.0 Å². The Kier molecular flexibility index (Phi) is 5.81. The quantitative estimate of drug-likeness (QED) is 0.721. The molecule has 1 heterocycles. The molecule has 25 heavy (non-hydrogen) atoms. The van der Waals surface area contributed by atoms with Gasteiger partial charge in [-0.3, -0.25) is 9.52 Å². The molecule has 9 heteroatoms. The van der Waals surface area contributed by atoms with Gasteiger partial charge in [0.2, 0.25) is 10.0 Å². The predicted molar refractivity (Wildman–Crippen MR) is 90.5 cm³/mol. The second kappa shape index (κ2) is 7.84. The van der Waals surface area contributed by atoms with Gasteiger partial charge >= 0.3 is 5.97 Å². The molecule has 0 aliphatic rings. The zero-order valence-corrected chi connectivity index (χ0v) is 14.5. The second-order valence-electron chi connectivity index (χ2n) is 5.30. The van der Waals surface area contributed by atoms with Gasteiger partial charge < -0.3 is 14.5 Å². The van der Waals surface area contributed by atoms with E-state index in [1.807, 2.05) is 0 Å². The molecular formula is C16H18N2O6S. The Balaban J connectivity index is 1.95. The predicted octanol–water partition coefficient (Wildman–Crippen LogP) is 1.69. The maximum absolute atomic E-state index is 12.1. The van der Waals surface area contributed by atoms with Gasteiger partial charge in [-0.2, -0.15) is 0 Å². The third kappa shape index (κ3) is 5.64. The minimum absolute atomic E-state index is 0.0137. The molecule has 2 rings (SSSR count). The minimum atomic E-state index is -3.55. The van der Waals surface area contributed by atoms with E-state index >= 15 is 0 Å². The molecule has 1 aromatic heterocycles. The van der Waals surface area contributed by atoms with Crippen molar-refractivity contribution in [3.05, 3.63) is 54.0 Å². The lowest BCUT2D eigenvalue weighted by atomic mass is 10.2. The number of amides is 1. The number of hydrogen-bond acceptors (Lipinski definition) is 6. The smallest absolute Gasteiger partial charge is 0.340 e. The maximum Gasteiger partial charge on any atom is 0.340 e. The lowest BCUT2D eigenvalue weighted by Gasteiger charge is -2.13. The van der Waals surface area contributed by atoms with Crippen LogP contribution in [0.4, 0.5) is 5.69 Å². The molecule has 8 nitrogen and oxygen atoms in total. The van der Waals surface area contributed by atoms with Gasteiger partial charge in [-0.1, -0.05) is 12.1 Å². The second-order valence-corrected chi connectivity index (χ2v) is 7.05. The number of esters is 1. The molecule has 0 aliphatic carbocycles. The Bertz CT molecular complexity index is 845. The average Bonchev–Trinajstić information content (AvgIpc) is 3.06. The van der Waals surface area contributed by atoms with E-state index in [9.17, 15) is 18.0 Å². The molecule has 134 valence electrons. The van der Waals surface area contributed by atoms with E-state index in [2.05, 4.69) is 10.0 Å². The van der Waals surface area contributed by atoms with Crippen molar-refractivity contribution < 1.29 is 27.2 Å². The summed E-state index contributed by atoms with van der Waals surface area (Å²) >= 11 is 0. The standard InChI is InChI=1S/C16H18N2O6S/c1-11(14-8-5-9-23-14)17-15(19)10-24-16(20)12-6-3-4-7-13(12)18-25(2,21)22/h3-9,11,18H,10H2,1-2H3,(H,17,19)/t11-/m1/s1. The monoisotopic (exact) mass is 366 g/mol. The van der Waals surface area contributed by atoms with E-state index in [4.69, 9.17) is 9.15 Å². The summed E-state index contributed by atoms with van der Waals surface area (Å²) in [5.41, 5.74) is 0.0965. The lowest BCUT2D eigenvalue weighted by molar-refractivity contribution is -0.125. The number of anilines is 1. The first-order valence-corrected chi connectivity index (χ1v) is 9.22. The highest BCUT2D eigenvalue weighted by atomic mass is 32.2. The summed E-state index contributed by atoms with van der Waals surface area (Å²) in [5, 5.41) is 2.62. The summed E-state index contributed by atoms with van der Waals surface area (Å²) in [4.78, 5) is 24.0. The van der Waals surface area contributed by atoms with Crippen LogP contribution in [0.25, 0.3) is 0 Å². The molecule has 0 unspecified atom stereocenters. The molecule has 2 aromatic rings. The van der Waals surface area contributed by atoms with Crippen LogP contribution in [0, 0.1) is 0 Å². The SMILES string of the molecule is C[C@@H](NC(=O)COC(=O)c1ccccc1NS(C)(=O)=O)c1ccco1. The van der Waals surface area contributed by atoms with Crippen molar-refractivity contribution >= 4 is 27.6 Å². The summed E-state index contributed by atoms with van der Waals surface area (Å²) < 4.78 is 35.0. The Morgan fingerprint density at radius 1 is 1.20 bits per heavy atom. The first-order valence-electron chi connectivity index (χ1n) is 7.33. The van der Waals surface area contributed by atoms with Crippen molar-refractivity contribution in [1.82, 2.24) is 5.32 Å². The van der Waals surface area contributed by atoms with Gasteiger partial charge in [-0.25, -0.2) is 13.2 Å². The number of sulfonamides is 1. The fourth-order valence-corrected chi connectivity index (χ4v) is 2.63. The van der Waals surface area contributed by atoms with Crippen molar-refractivity contribution in [2.75, 3.05) is 17.6 Å². The molecule has 0 bridgehead atoms. The fourth-order valence-electron chi connectivity index (χ4n) is 2.05. The van der Waals surface area contributed by atoms with Gasteiger partial charge in [0, 0.05) is 0 Å². The number of para-hydroxylation sites is 1. The maximum atomic E-state index is 12.1. The Morgan fingerprint density at radius 3 is 2.56 bits per heavy atom. The molecule has 2 N–H and O–H groups in total. The van der Waals surface area contributed by atoms with Crippen LogP contribution < -0.4 is 10.0 Å². The Hall–Kier alpha value is -2.81. The number of carbonyl (C=O) groups is 2. The van der Waals surface area contributed by atoms with Crippen LogP contribution in [0.3, 0.4) is 0 Å². The third-order valence-corrected chi connectivity index (χ3v) is 3.71. The zero-order chi connectivity index (χ0) is 18.4. The van der Waals surface area contributed by atoms with Crippen LogP contribution in [-0.4, -0.2) is 33.2 Å². The Labute approximate surface area is 145 Å². The highest BCUT2D eigenvalue weighted by Gasteiger charge is 2.17. The first kappa shape index (κ1) is 18.5. The summed E-state index contributed by atoms with van der Waals surface area (Å²) in [6, 6.07) is 9.00. The zero-order valence-electron chi connectivity index (χ0n) is 13.7. The first-order chi connectivity index (χ1) is 11.8. The molecule has 1 amide bonds.